The van der Waals surface area contributed by atoms with Gasteiger partial charge in [0.25, 0.3) is 0 Å². The molecule has 0 aromatic carbocycles. The van der Waals surface area contributed by atoms with Gasteiger partial charge in [0, 0.05) is 24.8 Å². The molecule has 0 saturated carbocycles. The van der Waals surface area contributed by atoms with Crippen molar-refractivity contribution in [2.45, 2.75) is 18.4 Å². The van der Waals surface area contributed by atoms with Crippen LogP contribution in [0.1, 0.15) is 12.8 Å². The summed E-state index contributed by atoms with van der Waals surface area (Å²) in [5.41, 5.74) is -2.97. The van der Waals surface area contributed by atoms with E-state index in [-0.39, 0.29) is 108 Å². The fourth-order valence-corrected chi connectivity index (χ4v) is 0.684. The molecule has 0 bridgehead atoms. The summed E-state index contributed by atoms with van der Waals surface area (Å²) in [5, 5.41) is 38.9. The zero-order chi connectivity index (χ0) is 10.6. The monoisotopic (exact) mass is 322 g/mol. The van der Waals surface area contributed by atoms with Crippen LogP contribution in [0, 0.1) is 0 Å². The maximum absolute atomic E-state index is 10.1. The van der Waals surface area contributed by atoms with Crippen LogP contribution in [0.15, 0.2) is 0 Å². The molecule has 0 rings (SSSR count). The van der Waals surface area contributed by atoms with E-state index < -0.39 is 36.4 Å². The Hall–Kier alpha value is 1.99. The van der Waals surface area contributed by atoms with Gasteiger partial charge in [-0.05, 0) is 0 Å². The summed E-state index contributed by atoms with van der Waals surface area (Å²) in [7, 11) is 0. The Bertz CT molecular complexity index is 244. The number of carbonyl (C=O) groups is 3. The fourth-order valence-electron chi connectivity index (χ4n) is 0.684. The van der Waals surface area contributed by atoms with Gasteiger partial charge in [-0.3, -0.25) is 0 Å². The maximum atomic E-state index is 10.1. The number of hydrogen-bond donors (Lipinski definition) is 1. The van der Waals surface area contributed by atoms with Crippen LogP contribution in [0.25, 0.3) is 0 Å². The van der Waals surface area contributed by atoms with Crippen LogP contribution < -0.4 is 104 Å². The first-order valence-corrected chi connectivity index (χ1v) is 3.11. The Morgan fingerprint density at radius 1 is 0.882 bits per heavy atom. The van der Waals surface area contributed by atoms with E-state index in [1.54, 1.807) is 0 Å². The van der Waals surface area contributed by atoms with Crippen molar-refractivity contribution in [2.24, 2.45) is 0 Å². The van der Waals surface area contributed by atoms with Crippen LogP contribution in [0.2, 0.25) is 0 Å². The summed E-state index contributed by atoms with van der Waals surface area (Å²) in [5.74, 6) is -5.98. The van der Waals surface area contributed by atoms with E-state index in [2.05, 4.69) is 0 Å². The van der Waals surface area contributed by atoms with Crippen LogP contribution in [0.4, 0.5) is 0 Å². The topological polar surface area (TPSA) is 141 Å². The van der Waals surface area contributed by atoms with E-state index in [1.807, 2.05) is 0 Å². The van der Waals surface area contributed by atoms with E-state index in [9.17, 15) is 29.7 Å². The Balaban J connectivity index is -0.000000120. The number of aliphatic carboxylic acids is 3. The standard InChI is InChI=1S/C6H8O7.3Na.Zn/c7-3(8)1-6(13,5(11)12)2-4(9)10;;;;/h13H,1-2H2,(H,7,8)(H,9,10)(H,11,12);;;;/q;3*+1;+2/p-3. The summed E-state index contributed by atoms with van der Waals surface area (Å²) in [6.45, 7) is 0. The van der Waals surface area contributed by atoms with Crippen molar-refractivity contribution in [3.05, 3.63) is 0 Å². The summed E-state index contributed by atoms with van der Waals surface area (Å²) >= 11 is 0. The van der Waals surface area contributed by atoms with Gasteiger partial charge in [0.2, 0.25) is 0 Å². The fraction of sp³-hybridized carbons (Fsp3) is 0.500. The first kappa shape index (κ1) is 31.4. The molecular formula is C6H5Na3O7Zn+2. The summed E-state index contributed by atoms with van der Waals surface area (Å²) in [6.07, 6.45) is -2.72. The van der Waals surface area contributed by atoms with Gasteiger partial charge in [0.1, 0.15) is 5.60 Å². The van der Waals surface area contributed by atoms with Gasteiger partial charge < -0.3 is 34.8 Å². The van der Waals surface area contributed by atoms with Crippen LogP contribution in [-0.4, -0.2) is 28.6 Å². The molecule has 0 aliphatic heterocycles. The molecule has 0 radical (unpaired) electrons. The van der Waals surface area contributed by atoms with Crippen molar-refractivity contribution in [1.29, 1.82) is 0 Å². The first-order valence-electron chi connectivity index (χ1n) is 3.11. The van der Waals surface area contributed by atoms with Crippen LogP contribution in [-0.2, 0) is 33.9 Å². The molecule has 0 unspecified atom stereocenters. The molecular weight excluding hydrogens is 318 g/mol. The number of carbonyl (C=O) groups excluding carboxylic acids is 3. The Morgan fingerprint density at radius 3 is 1.24 bits per heavy atom. The number of aliphatic hydroxyl groups is 1. The SMILES string of the molecule is O=C([O-])CC(O)(CC(=O)[O-])C(=O)[O-].[Na+].[Na+].[Na+].[Zn+2]. The van der Waals surface area contributed by atoms with Crippen molar-refractivity contribution in [1.82, 2.24) is 0 Å². The van der Waals surface area contributed by atoms with Crippen LogP contribution in [0.3, 0.4) is 0 Å². The minimum absolute atomic E-state index is 0. The second-order valence-electron chi connectivity index (χ2n) is 2.42. The summed E-state index contributed by atoms with van der Waals surface area (Å²) in [6, 6.07) is 0. The third-order valence-electron chi connectivity index (χ3n) is 1.25. The quantitative estimate of drug-likeness (QED) is 0.495. The smallest absolute Gasteiger partial charge is 0.550 e. The molecule has 0 aliphatic carbocycles. The Kier molecular flexibility index (Phi) is 26.6. The van der Waals surface area contributed by atoms with E-state index >= 15 is 0 Å². The van der Waals surface area contributed by atoms with Crippen LogP contribution >= 0.6 is 0 Å². The van der Waals surface area contributed by atoms with Crippen molar-refractivity contribution in [3.8, 4) is 0 Å². The van der Waals surface area contributed by atoms with E-state index in [0.717, 1.165) is 0 Å². The molecule has 0 atom stereocenters. The second kappa shape index (κ2) is 14.4. The number of hydrogen-bond acceptors (Lipinski definition) is 7. The summed E-state index contributed by atoms with van der Waals surface area (Å²) in [4.78, 5) is 30.0. The van der Waals surface area contributed by atoms with Crippen molar-refractivity contribution in [2.75, 3.05) is 0 Å². The average Bonchev–Trinajstić information content (AvgIpc) is 1.82. The van der Waals surface area contributed by atoms with Gasteiger partial charge in [-0.1, -0.05) is 0 Å². The predicted octanol–water partition coefficient (Wildman–Crippen LogP) is -14.2. The third-order valence-corrected chi connectivity index (χ3v) is 1.25. The number of rotatable bonds is 5. The van der Waals surface area contributed by atoms with Gasteiger partial charge in [-0.15, -0.1) is 0 Å². The number of carboxylic acid groups (broad SMARTS) is 3. The minimum Gasteiger partial charge on any atom is -0.550 e. The Morgan fingerprint density at radius 2 is 1.12 bits per heavy atom. The molecule has 7 nitrogen and oxygen atoms in total. The third kappa shape index (κ3) is 14.2. The predicted molar refractivity (Wildman–Crippen MR) is 29.2 cm³/mol. The van der Waals surface area contributed by atoms with E-state index in [1.165, 1.54) is 0 Å². The molecule has 1 N–H and O–H groups in total. The largest absolute Gasteiger partial charge is 2.00 e. The first-order chi connectivity index (χ1) is 5.78. The molecule has 0 saturated heterocycles. The van der Waals surface area contributed by atoms with Gasteiger partial charge in [-0.25, -0.2) is 0 Å². The molecule has 0 aromatic heterocycles. The average molecular weight is 323 g/mol. The summed E-state index contributed by atoms with van der Waals surface area (Å²) < 4.78 is 0. The minimum atomic E-state index is -2.97. The van der Waals surface area contributed by atoms with Crippen molar-refractivity contribution in [3.63, 3.8) is 0 Å². The second-order valence-corrected chi connectivity index (χ2v) is 2.42. The molecule has 11 heteroatoms. The molecule has 0 aliphatic rings. The van der Waals surface area contributed by atoms with E-state index in [4.69, 9.17) is 5.11 Å². The van der Waals surface area contributed by atoms with Gasteiger partial charge in [0.15, 0.2) is 0 Å². The molecule has 0 amide bonds. The zero-order valence-electron chi connectivity index (χ0n) is 10.0. The molecule has 0 spiro atoms. The van der Waals surface area contributed by atoms with Crippen molar-refractivity contribution < 1.29 is 143 Å². The zero-order valence-corrected chi connectivity index (χ0v) is 19.0. The molecule has 74 valence electrons. The molecule has 17 heavy (non-hydrogen) atoms. The number of carboxylic acids is 3. The molecule has 0 fully saturated rings. The van der Waals surface area contributed by atoms with Crippen LogP contribution in [0.5, 0.6) is 0 Å². The maximum Gasteiger partial charge on any atom is 2.00 e. The van der Waals surface area contributed by atoms with E-state index in [0.29, 0.717) is 0 Å². The molecule has 0 heterocycles. The van der Waals surface area contributed by atoms with Crippen molar-refractivity contribution >= 4 is 17.9 Å². The Labute approximate surface area is 176 Å². The van der Waals surface area contributed by atoms with Gasteiger partial charge in [-0.2, -0.15) is 0 Å². The van der Waals surface area contributed by atoms with Gasteiger partial charge >= 0.3 is 108 Å². The van der Waals surface area contributed by atoms with Gasteiger partial charge in [0.05, 0.1) is 5.97 Å². The normalized spacial score (nSPS) is 8.29. The molecule has 0 aromatic rings.